The normalized spacial score (nSPS) is 14.2. The van der Waals surface area contributed by atoms with Crippen LogP contribution >= 0.6 is 27.7 Å². The third-order valence-electron chi connectivity index (χ3n) is 6.85. The summed E-state index contributed by atoms with van der Waals surface area (Å²) in [6, 6.07) is 21.1. The maximum absolute atomic E-state index is 13.7. The Morgan fingerprint density at radius 2 is 1.74 bits per heavy atom. The molecule has 2 heterocycles. The van der Waals surface area contributed by atoms with E-state index < -0.39 is 12.0 Å². The fourth-order valence-electron chi connectivity index (χ4n) is 4.75. The number of nitrogens with zero attached hydrogens (tertiary/aromatic N) is 3. The van der Waals surface area contributed by atoms with Crippen LogP contribution in [0, 0.1) is 6.92 Å². The van der Waals surface area contributed by atoms with E-state index in [1.165, 1.54) is 5.56 Å². The molecule has 10 heteroatoms. The molecule has 1 aliphatic heterocycles. The van der Waals surface area contributed by atoms with Gasteiger partial charge in [0.2, 0.25) is 11.1 Å². The Morgan fingerprint density at radius 3 is 2.47 bits per heavy atom. The zero-order valence-corrected chi connectivity index (χ0v) is 27.1. The van der Waals surface area contributed by atoms with Gasteiger partial charge in [0.15, 0.2) is 11.5 Å². The Kier molecular flexibility index (Phi) is 10.1. The summed E-state index contributed by atoms with van der Waals surface area (Å²) in [6.45, 7) is 8.94. The van der Waals surface area contributed by atoms with Gasteiger partial charge in [-0.05, 0) is 71.9 Å². The number of allylic oxidation sites excluding steroid dienone is 1. The summed E-state index contributed by atoms with van der Waals surface area (Å²) >= 11 is 5.31. The Hall–Kier alpha value is -3.76. The summed E-state index contributed by atoms with van der Waals surface area (Å²) in [4.78, 5) is 18.5. The minimum absolute atomic E-state index is 0.157. The number of hydrogen-bond acceptors (Lipinski definition) is 8. The molecule has 224 valence electrons. The van der Waals surface area contributed by atoms with Crippen LogP contribution in [0.4, 0.5) is 5.95 Å². The minimum atomic E-state index is -0.607. The average molecular weight is 664 g/mol. The topological polar surface area (TPSA) is 87.5 Å². The SMILES string of the molecule is CCCSc1nc2n(n1)C(c1cc(Br)c(OCc3ccc(C)cc3)c(OCC)c1)C(C(=O)OCc1ccccc1)=C(C)N2. The molecule has 0 saturated heterocycles. The van der Waals surface area contributed by atoms with Crippen molar-refractivity contribution in [2.75, 3.05) is 17.7 Å². The van der Waals surface area contributed by atoms with Gasteiger partial charge in [0.1, 0.15) is 19.3 Å². The van der Waals surface area contributed by atoms with Gasteiger partial charge in [0.05, 0.1) is 16.7 Å². The van der Waals surface area contributed by atoms with Crippen LogP contribution in [0.1, 0.15) is 55.5 Å². The van der Waals surface area contributed by atoms with Crippen molar-refractivity contribution in [3.8, 4) is 11.5 Å². The van der Waals surface area contributed by atoms with Crippen molar-refractivity contribution in [2.45, 2.75) is 58.5 Å². The fourth-order valence-corrected chi connectivity index (χ4v) is 6.01. The van der Waals surface area contributed by atoms with Crippen molar-refractivity contribution in [1.29, 1.82) is 0 Å². The lowest BCUT2D eigenvalue weighted by atomic mass is 9.95. The van der Waals surface area contributed by atoms with E-state index in [0.717, 1.165) is 28.9 Å². The third kappa shape index (κ3) is 7.25. The lowest BCUT2D eigenvalue weighted by Crippen LogP contribution is -2.29. The summed E-state index contributed by atoms with van der Waals surface area (Å²) in [7, 11) is 0. The van der Waals surface area contributed by atoms with Crippen LogP contribution in [0.5, 0.6) is 11.5 Å². The van der Waals surface area contributed by atoms with Gasteiger partial charge < -0.3 is 19.5 Å². The van der Waals surface area contributed by atoms with Crippen molar-refractivity contribution in [3.05, 3.63) is 105 Å². The van der Waals surface area contributed by atoms with E-state index in [1.54, 1.807) is 16.4 Å². The van der Waals surface area contributed by atoms with Gasteiger partial charge in [-0.25, -0.2) is 9.48 Å². The number of rotatable bonds is 12. The van der Waals surface area contributed by atoms with Crippen molar-refractivity contribution in [2.24, 2.45) is 0 Å². The highest BCUT2D eigenvalue weighted by Crippen LogP contribution is 2.43. The smallest absolute Gasteiger partial charge is 0.338 e. The first-order chi connectivity index (χ1) is 20.9. The van der Waals surface area contributed by atoms with Gasteiger partial charge in [-0.3, -0.25) is 0 Å². The summed E-state index contributed by atoms with van der Waals surface area (Å²) in [5.74, 6) is 2.17. The van der Waals surface area contributed by atoms with E-state index >= 15 is 0 Å². The maximum atomic E-state index is 13.7. The predicted octanol–water partition coefficient (Wildman–Crippen LogP) is 7.86. The van der Waals surface area contributed by atoms with Gasteiger partial charge in [0, 0.05) is 11.4 Å². The number of carbonyl (C=O) groups excluding carboxylic acids is 1. The zero-order chi connectivity index (χ0) is 30.3. The number of aromatic nitrogens is 3. The monoisotopic (exact) mass is 662 g/mol. The Bertz CT molecular complexity index is 1610. The van der Waals surface area contributed by atoms with Crippen molar-refractivity contribution < 1.29 is 19.0 Å². The molecule has 1 unspecified atom stereocenters. The second-order valence-corrected chi connectivity index (χ2v) is 12.1. The number of halogens is 1. The second kappa shape index (κ2) is 14.1. The van der Waals surface area contributed by atoms with Crippen LogP contribution < -0.4 is 14.8 Å². The summed E-state index contributed by atoms with van der Waals surface area (Å²) < 4.78 is 20.6. The molecule has 0 spiro atoms. The van der Waals surface area contributed by atoms with Crippen molar-refractivity contribution in [3.63, 3.8) is 0 Å². The highest BCUT2D eigenvalue weighted by atomic mass is 79.9. The highest BCUT2D eigenvalue weighted by molar-refractivity contribution is 9.10. The molecule has 0 amide bonds. The number of thioether (sulfide) groups is 1. The molecule has 5 rings (SSSR count). The number of hydrogen-bond donors (Lipinski definition) is 1. The van der Waals surface area contributed by atoms with Gasteiger partial charge in [-0.15, -0.1) is 5.10 Å². The van der Waals surface area contributed by atoms with Crippen LogP contribution in [0.2, 0.25) is 0 Å². The first-order valence-electron chi connectivity index (χ1n) is 14.3. The molecule has 43 heavy (non-hydrogen) atoms. The number of aryl methyl sites for hydroxylation is 1. The van der Waals surface area contributed by atoms with Crippen LogP contribution in [0.15, 0.2) is 87.6 Å². The van der Waals surface area contributed by atoms with Crippen LogP contribution in [-0.2, 0) is 22.7 Å². The molecule has 0 aliphatic carbocycles. The average Bonchev–Trinajstić information content (AvgIpc) is 3.41. The van der Waals surface area contributed by atoms with Crippen molar-refractivity contribution >= 4 is 39.6 Å². The van der Waals surface area contributed by atoms with E-state index in [4.69, 9.17) is 24.3 Å². The molecule has 1 atom stereocenters. The molecule has 3 aromatic carbocycles. The Labute approximate surface area is 265 Å². The zero-order valence-electron chi connectivity index (χ0n) is 24.7. The van der Waals surface area contributed by atoms with E-state index in [-0.39, 0.29) is 6.61 Å². The minimum Gasteiger partial charge on any atom is -0.490 e. The molecule has 1 aliphatic rings. The number of ether oxygens (including phenoxy) is 3. The number of anilines is 1. The van der Waals surface area contributed by atoms with E-state index in [0.29, 0.717) is 51.6 Å². The molecule has 0 radical (unpaired) electrons. The molecule has 0 saturated carbocycles. The number of benzene rings is 3. The van der Waals surface area contributed by atoms with Crippen LogP contribution in [0.25, 0.3) is 0 Å². The Morgan fingerprint density at radius 1 is 1.00 bits per heavy atom. The number of nitrogens with one attached hydrogen (secondary N) is 1. The third-order valence-corrected chi connectivity index (χ3v) is 8.48. The van der Waals surface area contributed by atoms with Gasteiger partial charge >= 0.3 is 5.97 Å². The molecule has 4 aromatic rings. The molecular weight excluding hydrogens is 628 g/mol. The van der Waals surface area contributed by atoms with Crippen molar-refractivity contribution in [1.82, 2.24) is 14.8 Å². The lowest BCUT2D eigenvalue weighted by molar-refractivity contribution is -0.140. The van der Waals surface area contributed by atoms with E-state index in [2.05, 4.69) is 47.2 Å². The summed E-state index contributed by atoms with van der Waals surface area (Å²) in [5, 5.41) is 8.74. The number of fused-ring (bicyclic) bond motifs is 1. The Balaban J connectivity index is 1.52. The summed E-state index contributed by atoms with van der Waals surface area (Å²) in [5.41, 5.74) is 5.03. The van der Waals surface area contributed by atoms with Crippen LogP contribution in [-0.4, -0.2) is 33.1 Å². The molecule has 1 N–H and O–H groups in total. The number of carbonyl (C=O) groups is 1. The van der Waals surface area contributed by atoms with E-state index in [9.17, 15) is 4.79 Å². The molecule has 0 fully saturated rings. The lowest BCUT2D eigenvalue weighted by Gasteiger charge is -2.29. The fraction of sp³-hybridized carbons (Fsp3) is 0.303. The van der Waals surface area contributed by atoms with Gasteiger partial charge in [-0.1, -0.05) is 78.8 Å². The van der Waals surface area contributed by atoms with Gasteiger partial charge in [0.25, 0.3) is 0 Å². The quantitative estimate of drug-likeness (QED) is 0.121. The molecule has 8 nitrogen and oxygen atoms in total. The predicted molar refractivity (Wildman–Crippen MR) is 173 cm³/mol. The first kappa shape index (κ1) is 30.7. The number of esters is 1. The summed E-state index contributed by atoms with van der Waals surface area (Å²) in [6.07, 6.45) is 0.994. The molecular formula is C33H35BrN4O4S. The second-order valence-electron chi connectivity index (χ2n) is 10.2. The van der Waals surface area contributed by atoms with Gasteiger partial charge in [-0.2, -0.15) is 4.98 Å². The van der Waals surface area contributed by atoms with Crippen LogP contribution in [0.3, 0.4) is 0 Å². The largest absolute Gasteiger partial charge is 0.490 e. The molecule has 1 aromatic heterocycles. The maximum Gasteiger partial charge on any atom is 0.338 e. The standard InChI is InChI=1S/C33H35BrN4O4S/c1-5-16-43-33-36-32-35-22(4)28(31(39)42-20-23-10-8-7-9-11-23)29(38(32)37-33)25-17-26(34)30(27(18-25)40-6-2)41-19-24-14-12-21(3)13-15-24/h7-15,17-18,29H,5-6,16,19-20H2,1-4H3,(H,35,36,37). The highest BCUT2D eigenvalue weighted by Gasteiger charge is 2.36. The van der Waals surface area contributed by atoms with E-state index in [1.807, 2.05) is 68.4 Å². The first-order valence-corrected chi connectivity index (χ1v) is 16.1. The molecule has 0 bridgehead atoms.